The van der Waals surface area contributed by atoms with Gasteiger partial charge in [0.2, 0.25) is 0 Å². The molecule has 0 aliphatic heterocycles. The summed E-state index contributed by atoms with van der Waals surface area (Å²) in [6.45, 7) is 9.69. The molecule has 4 heteroatoms. The minimum Gasteiger partial charge on any atom is -0.369 e. The Morgan fingerprint density at radius 3 is 2.61 bits per heavy atom. The Morgan fingerprint density at radius 1 is 1.39 bits per heavy atom. The highest BCUT2D eigenvalue weighted by atomic mass is 35.5. The minimum absolute atomic E-state index is 0.490. The van der Waals surface area contributed by atoms with E-state index >= 15 is 0 Å². The maximum atomic E-state index is 6.15. The number of aryl methyl sites for hydroxylation is 1. The smallest absolute Gasteiger partial charge is 0.137 e. The Balaban J connectivity index is 2.06. The van der Waals surface area contributed by atoms with Crippen LogP contribution in [0.2, 0.25) is 5.15 Å². The number of nitrogens with one attached hydrogen (secondary N) is 1. The van der Waals surface area contributed by atoms with E-state index in [1.807, 2.05) is 6.92 Å². The van der Waals surface area contributed by atoms with Gasteiger partial charge in [0.05, 0.1) is 0 Å². The Kier molecular flexibility index (Phi) is 3.81. The summed E-state index contributed by atoms with van der Waals surface area (Å²) in [6, 6.07) is 0. The number of halogens is 1. The Morgan fingerprint density at radius 2 is 2.06 bits per heavy atom. The van der Waals surface area contributed by atoms with Crippen LogP contribution in [-0.4, -0.2) is 16.5 Å². The molecule has 1 unspecified atom stereocenters. The first-order valence-electron chi connectivity index (χ1n) is 6.71. The summed E-state index contributed by atoms with van der Waals surface area (Å²) in [7, 11) is 0. The second-order valence-electron chi connectivity index (χ2n) is 5.92. The standard InChI is InChI=1S/C14H22ClN3/c1-5-6-11-17-12(15)9(2)13(18-11)16-8-10-7-14(10,3)4/h10H,5-8H2,1-4H3,(H,16,17,18). The highest BCUT2D eigenvalue weighted by molar-refractivity contribution is 6.30. The summed E-state index contributed by atoms with van der Waals surface area (Å²) in [4.78, 5) is 8.87. The number of hydrogen-bond donors (Lipinski definition) is 1. The molecule has 0 saturated heterocycles. The zero-order valence-corrected chi connectivity index (χ0v) is 12.4. The van der Waals surface area contributed by atoms with E-state index < -0.39 is 0 Å². The van der Waals surface area contributed by atoms with Crippen molar-refractivity contribution in [2.24, 2.45) is 11.3 Å². The Labute approximate surface area is 114 Å². The first-order valence-corrected chi connectivity index (χ1v) is 7.08. The Hall–Kier alpha value is -0.830. The second-order valence-corrected chi connectivity index (χ2v) is 6.28. The van der Waals surface area contributed by atoms with Crippen LogP contribution >= 0.6 is 11.6 Å². The molecule has 1 aromatic heterocycles. The average Bonchev–Trinajstić information content (AvgIpc) is 2.90. The van der Waals surface area contributed by atoms with Crippen LogP contribution in [-0.2, 0) is 6.42 Å². The van der Waals surface area contributed by atoms with Crippen LogP contribution in [0.15, 0.2) is 0 Å². The summed E-state index contributed by atoms with van der Waals surface area (Å²) < 4.78 is 0. The van der Waals surface area contributed by atoms with E-state index in [9.17, 15) is 0 Å². The number of anilines is 1. The molecule has 0 bridgehead atoms. The van der Waals surface area contributed by atoms with Crippen molar-refractivity contribution in [1.29, 1.82) is 0 Å². The zero-order valence-electron chi connectivity index (χ0n) is 11.7. The molecule has 0 aromatic carbocycles. The molecule has 1 heterocycles. The number of nitrogens with zero attached hydrogens (tertiary/aromatic N) is 2. The summed E-state index contributed by atoms with van der Waals surface area (Å²) in [5, 5.41) is 4.01. The molecule has 3 nitrogen and oxygen atoms in total. The maximum Gasteiger partial charge on any atom is 0.137 e. The second kappa shape index (κ2) is 5.04. The number of hydrogen-bond acceptors (Lipinski definition) is 3. The fourth-order valence-electron chi connectivity index (χ4n) is 2.18. The third kappa shape index (κ3) is 2.94. The molecule has 1 atom stereocenters. The van der Waals surface area contributed by atoms with Gasteiger partial charge in [0, 0.05) is 18.5 Å². The van der Waals surface area contributed by atoms with Gasteiger partial charge in [-0.25, -0.2) is 9.97 Å². The van der Waals surface area contributed by atoms with Gasteiger partial charge in [-0.1, -0.05) is 32.4 Å². The van der Waals surface area contributed by atoms with Crippen LogP contribution < -0.4 is 5.32 Å². The monoisotopic (exact) mass is 267 g/mol. The quantitative estimate of drug-likeness (QED) is 0.824. The van der Waals surface area contributed by atoms with Crippen molar-refractivity contribution in [3.63, 3.8) is 0 Å². The van der Waals surface area contributed by atoms with Crippen molar-refractivity contribution in [3.8, 4) is 0 Å². The number of rotatable bonds is 5. The SMILES string of the molecule is CCCc1nc(Cl)c(C)c(NCC2CC2(C)C)n1. The molecule has 1 saturated carbocycles. The van der Waals surface area contributed by atoms with E-state index in [0.717, 1.165) is 42.5 Å². The van der Waals surface area contributed by atoms with E-state index in [0.29, 0.717) is 10.6 Å². The molecule has 100 valence electrons. The van der Waals surface area contributed by atoms with Crippen LogP contribution in [0.4, 0.5) is 5.82 Å². The summed E-state index contributed by atoms with van der Waals surface area (Å²) in [5.41, 5.74) is 1.44. The van der Waals surface area contributed by atoms with E-state index in [4.69, 9.17) is 11.6 Å². The van der Waals surface area contributed by atoms with Crippen LogP contribution in [0.1, 0.15) is 45.0 Å². The predicted molar refractivity (Wildman–Crippen MR) is 76.2 cm³/mol. The van der Waals surface area contributed by atoms with Crippen molar-refractivity contribution < 1.29 is 0 Å². The number of aromatic nitrogens is 2. The van der Waals surface area contributed by atoms with E-state index in [1.54, 1.807) is 0 Å². The van der Waals surface area contributed by atoms with Gasteiger partial charge in [0.15, 0.2) is 0 Å². The highest BCUT2D eigenvalue weighted by Crippen LogP contribution is 2.51. The summed E-state index contributed by atoms with van der Waals surface area (Å²) in [5.74, 6) is 2.49. The lowest BCUT2D eigenvalue weighted by molar-refractivity contribution is 0.572. The highest BCUT2D eigenvalue weighted by Gasteiger charge is 2.45. The van der Waals surface area contributed by atoms with Gasteiger partial charge < -0.3 is 5.32 Å². The molecule has 0 amide bonds. The molecule has 1 aliphatic carbocycles. The van der Waals surface area contributed by atoms with Crippen molar-refractivity contribution in [2.45, 2.75) is 47.0 Å². The Bertz CT molecular complexity index is 443. The molecular formula is C14H22ClN3. The van der Waals surface area contributed by atoms with Crippen molar-refractivity contribution >= 4 is 17.4 Å². The van der Waals surface area contributed by atoms with Gasteiger partial charge in [-0.3, -0.25) is 0 Å². The van der Waals surface area contributed by atoms with E-state index in [2.05, 4.69) is 36.1 Å². The lowest BCUT2D eigenvalue weighted by Crippen LogP contribution is -2.11. The first-order chi connectivity index (χ1) is 8.44. The van der Waals surface area contributed by atoms with Crippen LogP contribution in [0.5, 0.6) is 0 Å². The lowest BCUT2D eigenvalue weighted by Gasteiger charge is -2.12. The molecular weight excluding hydrogens is 246 g/mol. The molecule has 1 aromatic rings. The van der Waals surface area contributed by atoms with Gasteiger partial charge in [0.1, 0.15) is 16.8 Å². The molecule has 0 radical (unpaired) electrons. The molecule has 1 N–H and O–H groups in total. The molecule has 2 rings (SSSR count). The summed E-state index contributed by atoms with van der Waals surface area (Å²) in [6.07, 6.45) is 3.21. The topological polar surface area (TPSA) is 37.8 Å². The van der Waals surface area contributed by atoms with Crippen molar-refractivity contribution in [1.82, 2.24) is 9.97 Å². The third-order valence-corrected chi connectivity index (χ3v) is 4.21. The fourth-order valence-corrected chi connectivity index (χ4v) is 2.37. The van der Waals surface area contributed by atoms with E-state index in [1.165, 1.54) is 6.42 Å². The van der Waals surface area contributed by atoms with Gasteiger partial charge in [-0.15, -0.1) is 0 Å². The van der Waals surface area contributed by atoms with Crippen molar-refractivity contribution in [3.05, 3.63) is 16.5 Å². The zero-order chi connectivity index (χ0) is 13.3. The summed E-state index contributed by atoms with van der Waals surface area (Å²) >= 11 is 6.15. The lowest BCUT2D eigenvalue weighted by atomic mass is 10.1. The predicted octanol–water partition coefficient (Wildman–Crippen LogP) is 3.85. The van der Waals surface area contributed by atoms with Gasteiger partial charge in [-0.2, -0.15) is 0 Å². The third-order valence-electron chi connectivity index (χ3n) is 3.84. The molecule has 1 fully saturated rings. The average molecular weight is 268 g/mol. The maximum absolute atomic E-state index is 6.15. The van der Waals surface area contributed by atoms with Gasteiger partial charge in [0.25, 0.3) is 0 Å². The molecule has 0 spiro atoms. The van der Waals surface area contributed by atoms with Crippen LogP contribution in [0.25, 0.3) is 0 Å². The fraction of sp³-hybridized carbons (Fsp3) is 0.714. The van der Waals surface area contributed by atoms with Crippen LogP contribution in [0.3, 0.4) is 0 Å². The van der Waals surface area contributed by atoms with Gasteiger partial charge in [-0.05, 0) is 31.1 Å². The van der Waals surface area contributed by atoms with Crippen molar-refractivity contribution in [2.75, 3.05) is 11.9 Å². The molecule has 18 heavy (non-hydrogen) atoms. The first kappa shape index (κ1) is 13.6. The minimum atomic E-state index is 0.490. The molecule has 1 aliphatic rings. The van der Waals surface area contributed by atoms with Crippen LogP contribution in [0, 0.1) is 18.3 Å². The largest absolute Gasteiger partial charge is 0.369 e. The van der Waals surface area contributed by atoms with Gasteiger partial charge >= 0.3 is 0 Å². The van der Waals surface area contributed by atoms with E-state index in [-0.39, 0.29) is 0 Å². The normalized spacial score (nSPS) is 20.8.